The third-order valence-corrected chi connectivity index (χ3v) is 5.60. The Labute approximate surface area is 194 Å². The Hall–Kier alpha value is -3.98. The first kappa shape index (κ1) is 20.9. The van der Waals surface area contributed by atoms with Gasteiger partial charge in [0.2, 0.25) is 0 Å². The van der Waals surface area contributed by atoms with E-state index in [1.54, 1.807) is 33.9 Å². The van der Waals surface area contributed by atoms with Crippen LogP contribution in [-0.4, -0.2) is 40.1 Å². The molecule has 0 radical (unpaired) electrons. The molecule has 0 unspecified atom stereocenters. The van der Waals surface area contributed by atoms with Gasteiger partial charge in [0, 0.05) is 41.9 Å². The van der Waals surface area contributed by atoms with Crippen molar-refractivity contribution in [1.82, 2.24) is 34.2 Å². The van der Waals surface area contributed by atoms with Crippen LogP contribution < -0.4 is 5.32 Å². The van der Waals surface area contributed by atoms with Gasteiger partial charge in [0.1, 0.15) is 0 Å². The molecular formula is C23H21ClN8O. The SMILES string of the molecule is CCn1ncc(-c2ccnc3cc(C(=O)Nc4cccc(Cn5cc(Cl)cn5)c4)nn23)c1C. The lowest BCUT2D eigenvalue weighted by molar-refractivity contribution is 0.102. The number of halogens is 1. The third-order valence-electron chi connectivity index (χ3n) is 5.40. The maximum Gasteiger partial charge on any atom is 0.276 e. The number of benzene rings is 1. The Bertz CT molecular complexity index is 1460. The summed E-state index contributed by atoms with van der Waals surface area (Å²) < 4.78 is 5.33. The van der Waals surface area contributed by atoms with Gasteiger partial charge < -0.3 is 5.32 Å². The number of amides is 1. The molecule has 0 saturated carbocycles. The van der Waals surface area contributed by atoms with Gasteiger partial charge in [0.25, 0.3) is 5.91 Å². The summed E-state index contributed by atoms with van der Waals surface area (Å²) in [5.41, 5.74) is 5.32. The maximum atomic E-state index is 13.0. The minimum Gasteiger partial charge on any atom is -0.321 e. The molecule has 0 aliphatic carbocycles. The van der Waals surface area contributed by atoms with Crippen LogP contribution in [0.2, 0.25) is 5.02 Å². The molecule has 1 N–H and O–H groups in total. The number of hydrogen-bond acceptors (Lipinski definition) is 5. The maximum absolute atomic E-state index is 13.0. The van der Waals surface area contributed by atoms with E-state index in [1.165, 1.54) is 0 Å². The van der Waals surface area contributed by atoms with Crippen LogP contribution in [0.15, 0.2) is 61.2 Å². The van der Waals surface area contributed by atoms with E-state index in [9.17, 15) is 4.79 Å². The van der Waals surface area contributed by atoms with E-state index < -0.39 is 0 Å². The van der Waals surface area contributed by atoms with E-state index in [1.807, 2.05) is 55.1 Å². The minimum absolute atomic E-state index is 0.278. The van der Waals surface area contributed by atoms with Crippen molar-refractivity contribution in [2.24, 2.45) is 0 Å². The number of nitrogens with one attached hydrogen (secondary N) is 1. The normalized spacial score (nSPS) is 11.2. The van der Waals surface area contributed by atoms with Crippen molar-refractivity contribution in [1.29, 1.82) is 0 Å². The molecular weight excluding hydrogens is 440 g/mol. The first-order valence-corrected chi connectivity index (χ1v) is 10.9. The predicted octanol–water partition coefficient (Wildman–Crippen LogP) is 4.07. The van der Waals surface area contributed by atoms with Gasteiger partial charge in [-0.15, -0.1) is 0 Å². The highest BCUT2D eigenvalue weighted by Gasteiger charge is 2.17. The van der Waals surface area contributed by atoms with Gasteiger partial charge in [-0.1, -0.05) is 23.7 Å². The molecule has 4 heterocycles. The van der Waals surface area contributed by atoms with Crippen LogP contribution in [0, 0.1) is 6.92 Å². The summed E-state index contributed by atoms with van der Waals surface area (Å²) in [5, 5.41) is 16.6. The lowest BCUT2D eigenvalue weighted by atomic mass is 10.2. The fourth-order valence-electron chi connectivity index (χ4n) is 3.78. The zero-order valence-electron chi connectivity index (χ0n) is 18.1. The summed E-state index contributed by atoms with van der Waals surface area (Å²) in [7, 11) is 0. The molecule has 0 aliphatic rings. The van der Waals surface area contributed by atoms with Crippen molar-refractivity contribution in [2.75, 3.05) is 5.32 Å². The fourth-order valence-corrected chi connectivity index (χ4v) is 3.94. The van der Waals surface area contributed by atoms with Crippen molar-refractivity contribution in [3.05, 3.63) is 83.2 Å². The van der Waals surface area contributed by atoms with Crippen LogP contribution in [0.5, 0.6) is 0 Å². The molecule has 9 nitrogen and oxygen atoms in total. The second-order valence-electron chi connectivity index (χ2n) is 7.60. The molecule has 166 valence electrons. The number of hydrogen-bond donors (Lipinski definition) is 1. The van der Waals surface area contributed by atoms with Crippen molar-refractivity contribution >= 4 is 28.8 Å². The molecule has 1 amide bonds. The summed E-state index contributed by atoms with van der Waals surface area (Å²) >= 11 is 5.94. The average molecular weight is 461 g/mol. The fraction of sp³-hybridized carbons (Fsp3) is 0.174. The molecule has 0 saturated heterocycles. The predicted molar refractivity (Wildman–Crippen MR) is 125 cm³/mol. The van der Waals surface area contributed by atoms with Crippen molar-refractivity contribution in [3.63, 3.8) is 0 Å². The van der Waals surface area contributed by atoms with Gasteiger partial charge in [0.15, 0.2) is 11.3 Å². The van der Waals surface area contributed by atoms with E-state index in [0.29, 0.717) is 22.9 Å². The first-order chi connectivity index (χ1) is 16.0. The van der Waals surface area contributed by atoms with Gasteiger partial charge in [-0.3, -0.25) is 14.2 Å². The second kappa shape index (κ2) is 8.51. The number of nitrogens with zero attached hydrogens (tertiary/aromatic N) is 7. The van der Waals surface area contributed by atoms with Crippen LogP contribution in [0.3, 0.4) is 0 Å². The Morgan fingerprint density at radius 2 is 2.03 bits per heavy atom. The molecule has 0 bridgehead atoms. The summed E-state index contributed by atoms with van der Waals surface area (Å²) in [6.07, 6.45) is 6.86. The lowest BCUT2D eigenvalue weighted by Gasteiger charge is -2.07. The number of carbonyl (C=O) groups is 1. The number of carbonyl (C=O) groups excluding carboxylic acids is 1. The summed E-state index contributed by atoms with van der Waals surface area (Å²) in [4.78, 5) is 17.3. The van der Waals surface area contributed by atoms with E-state index in [4.69, 9.17) is 11.6 Å². The highest BCUT2D eigenvalue weighted by Crippen LogP contribution is 2.24. The van der Waals surface area contributed by atoms with E-state index >= 15 is 0 Å². The van der Waals surface area contributed by atoms with Gasteiger partial charge in [0.05, 0.1) is 29.7 Å². The summed E-state index contributed by atoms with van der Waals surface area (Å²) in [6.45, 7) is 5.38. The molecule has 5 rings (SSSR count). The van der Waals surface area contributed by atoms with Crippen molar-refractivity contribution in [2.45, 2.75) is 26.9 Å². The van der Waals surface area contributed by atoms with E-state index in [0.717, 1.165) is 29.1 Å². The van der Waals surface area contributed by atoms with Crippen LogP contribution in [0.25, 0.3) is 16.9 Å². The van der Waals surface area contributed by atoms with Gasteiger partial charge in [-0.2, -0.15) is 15.3 Å². The standard InChI is InChI=1S/C23H21ClN8O/c1-3-31-15(2)19(12-27-31)21-7-8-25-22-10-20(29-32(21)22)23(33)28-18-6-4-5-16(9-18)13-30-14-17(24)11-26-30/h4-12,14H,3,13H2,1-2H3,(H,28,33). The Kier molecular flexibility index (Phi) is 5.39. The number of aryl methyl sites for hydroxylation is 1. The quantitative estimate of drug-likeness (QED) is 0.412. The van der Waals surface area contributed by atoms with Crippen LogP contribution >= 0.6 is 11.6 Å². The molecule has 10 heteroatoms. The molecule has 0 fully saturated rings. The molecule has 0 spiro atoms. The van der Waals surface area contributed by atoms with Crippen LogP contribution in [-0.2, 0) is 13.1 Å². The largest absolute Gasteiger partial charge is 0.321 e. The zero-order valence-corrected chi connectivity index (χ0v) is 18.9. The third kappa shape index (κ3) is 4.10. The number of aromatic nitrogens is 7. The van der Waals surface area contributed by atoms with Gasteiger partial charge in [-0.05, 0) is 37.6 Å². The van der Waals surface area contributed by atoms with Gasteiger partial charge >= 0.3 is 0 Å². The Morgan fingerprint density at radius 1 is 1.15 bits per heavy atom. The number of fused-ring (bicyclic) bond motifs is 1. The molecule has 33 heavy (non-hydrogen) atoms. The van der Waals surface area contributed by atoms with Gasteiger partial charge in [-0.25, -0.2) is 9.50 Å². The first-order valence-electron chi connectivity index (χ1n) is 10.5. The van der Waals surface area contributed by atoms with E-state index in [2.05, 4.69) is 25.6 Å². The number of rotatable bonds is 6. The smallest absolute Gasteiger partial charge is 0.276 e. The highest BCUT2D eigenvalue weighted by molar-refractivity contribution is 6.30. The van der Waals surface area contributed by atoms with E-state index in [-0.39, 0.29) is 11.6 Å². The molecule has 1 aromatic carbocycles. The second-order valence-corrected chi connectivity index (χ2v) is 8.04. The lowest BCUT2D eigenvalue weighted by Crippen LogP contribution is -2.13. The topological polar surface area (TPSA) is 94.9 Å². The van der Waals surface area contributed by atoms with Crippen molar-refractivity contribution in [3.8, 4) is 11.3 Å². The summed E-state index contributed by atoms with van der Waals surface area (Å²) in [6, 6.07) is 11.1. The molecule has 0 aliphatic heterocycles. The molecule has 5 aromatic rings. The zero-order chi connectivity index (χ0) is 22.9. The van der Waals surface area contributed by atoms with Crippen molar-refractivity contribution < 1.29 is 4.79 Å². The highest BCUT2D eigenvalue weighted by atomic mass is 35.5. The minimum atomic E-state index is -0.313. The van der Waals surface area contributed by atoms with Crippen LogP contribution in [0.1, 0.15) is 28.7 Å². The van der Waals surface area contributed by atoms with Crippen LogP contribution in [0.4, 0.5) is 5.69 Å². The number of anilines is 1. The molecule has 0 atom stereocenters. The Morgan fingerprint density at radius 3 is 2.79 bits per heavy atom. The molecule has 4 aromatic heterocycles. The Balaban J connectivity index is 1.40. The average Bonchev–Trinajstić information content (AvgIpc) is 3.52. The monoisotopic (exact) mass is 460 g/mol. The summed E-state index contributed by atoms with van der Waals surface area (Å²) in [5.74, 6) is -0.313.